The first kappa shape index (κ1) is 20.0. The van der Waals surface area contributed by atoms with Crippen LogP contribution in [0.4, 0.5) is 30.2 Å². The maximum Gasteiger partial charge on any atom is 0.416 e. The molecule has 0 aliphatic rings. The summed E-state index contributed by atoms with van der Waals surface area (Å²) in [5.41, 5.74) is 0.485. The fraction of sp³-hybridized carbons (Fsp3) is 0.0500. The number of amides is 1. The van der Waals surface area contributed by atoms with Crippen molar-refractivity contribution >= 4 is 46.2 Å². The smallest absolute Gasteiger partial charge is 0.355 e. The largest absolute Gasteiger partial charge is 0.416 e. The van der Waals surface area contributed by atoms with E-state index in [4.69, 9.17) is 23.2 Å². The number of rotatable bonds is 4. The van der Waals surface area contributed by atoms with Gasteiger partial charge in [-0.05, 0) is 48.5 Å². The zero-order valence-electron chi connectivity index (χ0n) is 14.1. The lowest BCUT2D eigenvalue weighted by Crippen LogP contribution is -2.14. The number of benzene rings is 3. The van der Waals surface area contributed by atoms with E-state index in [1.807, 2.05) is 0 Å². The average molecular weight is 425 g/mol. The van der Waals surface area contributed by atoms with Gasteiger partial charge in [-0.25, -0.2) is 0 Å². The summed E-state index contributed by atoms with van der Waals surface area (Å²) in [5, 5.41) is 6.19. The Balaban J connectivity index is 1.85. The third-order valence-electron chi connectivity index (χ3n) is 3.82. The molecule has 28 heavy (non-hydrogen) atoms. The Kier molecular flexibility index (Phi) is 5.82. The average Bonchev–Trinajstić information content (AvgIpc) is 2.65. The Morgan fingerprint density at radius 1 is 0.821 bits per heavy atom. The molecule has 0 atom stereocenters. The highest BCUT2D eigenvalue weighted by atomic mass is 35.5. The summed E-state index contributed by atoms with van der Waals surface area (Å²) in [6.07, 6.45) is -4.46. The lowest BCUT2D eigenvalue weighted by molar-refractivity contribution is -0.137. The molecule has 0 spiro atoms. The second kappa shape index (κ2) is 8.12. The van der Waals surface area contributed by atoms with Crippen molar-refractivity contribution in [1.82, 2.24) is 0 Å². The molecule has 2 N–H and O–H groups in total. The van der Waals surface area contributed by atoms with Crippen molar-refractivity contribution in [3.05, 3.63) is 87.9 Å². The van der Waals surface area contributed by atoms with Gasteiger partial charge in [0, 0.05) is 11.4 Å². The van der Waals surface area contributed by atoms with Gasteiger partial charge in [-0.2, -0.15) is 13.2 Å². The molecule has 0 saturated heterocycles. The predicted octanol–water partition coefficient (Wildman–Crippen LogP) is 7.01. The van der Waals surface area contributed by atoms with Crippen LogP contribution in [0.5, 0.6) is 0 Å². The number of halogens is 5. The molecule has 0 heterocycles. The highest BCUT2D eigenvalue weighted by Crippen LogP contribution is 2.32. The standard InChI is InChI=1S/C20H13Cl2F3N2O/c21-16-9-8-14(11-17(16)22)27-19(28)15-6-1-2-7-18(15)26-13-5-3-4-12(10-13)20(23,24)25/h1-11,26H,(H,27,28). The van der Waals surface area contributed by atoms with Crippen LogP contribution < -0.4 is 10.6 Å². The van der Waals surface area contributed by atoms with E-state index in [1.54, 1.807) is 36.4 Å². The number of carbonyl (C=O) groups is 1. The van der Waals surface area contributed by atoms with Crippen molar-refractivity contribution in [2.24, 2.45) is 0 Å². The molecule has 0 saturated carbocycles. The molecule has 3 nitrogen and oxygen atoms in total. The normalized spacial score (nSPS) is 11.2. The number of hydrogen-bond acceptors (Lipinski definition) is 2. The van der Waals surface area contributed by atoms with Gasteiger partial charge in [0.25, 0.3) is 5.91 Å². The minimum Gasteiger partial charge on any atom is -0.355 e. The molecule has 0 unspecified atom stereocenters. The monoisotopic (exact) mass is 424 g/mol. The minimum absolute atomic E-state index is 0.213. The highest BCUT2D eigenvalue weighted by Gasteiger charge is 2.30. The Labute approximate surface area is 169 Å². The summed E-state index contributed by atoms with van der Waals surface area (Å²) >= 11 is 11.8. The molecule has 1 amide bonds. The van der Waals surface area contributed by atoms with Crippen molar-refractivity contribution in [2.75, 3.05) is 10.6 Å². The molecular weight excluding hydrogens is 412 g/mol. The summed E-state index contributed by atoms with van der Waals surface area (Å²) < 4.78 is 38.7. The molecule has 0 aromatic heterocycles. The van der Waals surface area contributed by atoms with Crippen LogP contribution in [0.1, 0.15) is 15.9 Å². The van der Waals surface area contributed by atoms with Crippen LogP contribution in [0.15, 0.2) is 66.7 Å². The van der Waals surface area contributed by atoms with Crippen LogP contribution in [0.3, 0.4) is 0 Å². The second-order valence-electron chi connectivity index (χ2n) is 5.83. The van der Waals surface area contributed by atoms with Gasteiger partial charge in [0.2, 0.25) is 0 Å². The zero-order chi connectivity index (χ0) is 20.3. The molecule has 3 aromatic carbocycles. The fourth-order valence-electron chi connectivity index (χ4n) is 2.49. The molecule has 0 fully saturated rings. The van der Waals surface area contributed by atoms with Crippen LogP contribution in [0.2, 0.25) is 10.0 Å². The topological polar surface area (TPSA) is 41.1 Å². The molecule has 0 aliphatic carbocycles. The molecule has 0 radical (unpaired) electrons. The fourth-order valence-corrected chi connectivity index (χ4v) is 2.79. The van der Waals surface area contributed by atoms with Crippen molar-refractivity contribution in [1.29, 1.82) is 0 Å². The van der Waals surface area contributed by atoms with Crippen LogP contribution in [0.25, 0.3) is 0 Å². The molecule has 3 rings (SSSR count). The first-order valence-electron chi connectivity index (χ1n) is 8.04. The summed E-state index contributed by atoms with van der Waals surface area (Å²) in [4.78, 5) is 12.6. The predicted molar refractivity (Wildman–Crippen MR) is 106 cm³/mol. The van der Waals surface area contributed by atoms with E-state index in [0.717, 1.165) is 12.1 Å². The van der Waals surface area contributed by atoms with Crippen molar-refractivity contribution < 1.29 is 18.0 Å². The van der Waals surface area contributed by atoms with Gasteiger partial charge < -0.3 is 10.6 Å². The van der Waals surface area contributed by atoms with Gasteiger partial charge in [-0.3, -0.25) is 4.79 Å². The number of alkyl halides is 3. The van der Waals surface area contributed by atoms with Gasteiger partial charge in [0.15, 0.2) is 0 Å². The summed E-state index contributed by atoms with van der Waals surface area (Å²) in [6, 6.07) is 15.9. The third-order valence-corrected chi connectivity index (χ3v) is 4.56. The Hall–Kier alpha value is -2.70. The number of carbonyl (C=O) groups excluding carboxylic acids is 1. The van der Waals surface area contributed by atoms with Crippen molar-refractivity contribution in [2.45, 2.75) is 6.18 Å². The first-order valence-corrected chi connectivity index (χ1v) is 8.79. The highest BCUT2D eigenvalue weighted by molar-refractivity contribution is 6.42. The number of para-hydroxylation sites is 1. The van der Waals surface area contributed by atoms with E-state index in [9.17, 15) is 18.0 Å². The van der Waals surface area contributed by atoms with Crippen LogP contribution in [0, 0.1) is 0 Å². The Morgan fingerprint density at radius 3 is 2.29 bits per heavy atom. The summed E-state index contributed by atoms with van der Waals surface area (Å²) in [7, 11) is 0. The maximum atomic E-state index is 12.9. The second-order valence-corrected chi connectivity index (χ2v) is 6.65. The van der Waals surface area contributed by atoms with Gasteiger partial charge in [0.1, 0.15) is 0 Å². The van der Waals surface area contributed by atoms with E-state index >= 15 is 0 Å². The van der Waals surface area contributed by atoms with E-state index in [2.05, 4.69) is 10.6 Å². The van der Waals surface area contributed by atoms with Gasteiger partial charge in [0.05, 0.1) is 26.9 Å². The molecule has 3 aromatic rings. The third kappa shape index (κ3) is 4.77. The SMILES string of the molecule is O=C(Nc1ccc(Cl)c(Cl)c1)c1ccccc1Nc1cccc(C(F)(F)F)c1. The van der Waals surface area contributed by atoms with Gasteiger partial charge in [-0.1, -0.05) is 41.4 Å². The lowest BCUT2D eigenvalue weighted by Gasteiger charge is -2.14. The summed E-state index contributed by atoms with van der Waals surface area (Å²) in [5.74, 6) is -0.450. The lowest BCUT2D eigenvalue weighted by atomic mass is 10.1. The van der Waals surface area contributed by atoms with E-state index in [0.29, 0.717) is 16.4 Å². The Bertz CT molecular complexity index is 1020. The molecule has 0 bridgehead atoms. The van der Waals surface area contributed by atoms with Crippen LogP contribution in [-0.4, -0.2) is 5.91 Å². The molecular formula is C20H13Cl2F3N2O. The van der Waals surface area contributed by atoms with E-state index in [1.165, 1.54) is 18.2 Å². The number of hydrogen-bond donors (Lipinski definition) is 2. The minimum atomic E-state index is -4.46. The van der Waals surface area contributed by atoms with E-state index in [-0.39, 0.29) is 16.3 Å². The van der Waals surface area contributed by atoms with Crippen LogP contribution >= 0.6 is 23.2 Å². The molecule has 144 valence electrons. The van der Waals surface area contributed by atoms with Crippen molar-refractivity contribution in [3.8, 4) is 0 Å². The maximum absolute atomic E-state index is 12.9. The number of anilines is 3. The Morgan fingerprint density at radius 2 is 1.57 bits per heavy atom. The quantitative estimate of drug-likeness (QED) is 0.472. The molecule has 0 aliphatic heterocycles. The molecule has 8 heteroatoms. The van der Waals surface area contributed by atoms with Crippen molar-refractivity contribution in [3.63, 3.8) is 0 Å². The van der Waals surface area contributed by atoms with Gasteiger partial charge in [-0.15, -0.1) is 0 Å². The first-order chi connectivity index (χ1) is 13.2. The van der Waals surface area contributed by atoms with E-state index < -0.39 is 17.6 Å². The zero-order valence-corrected chi connectivity index (χ0v) is 15.7. The summed E-state index contributed by atoms with van der Waals surface area (Å²) in [6.45, 7) is 0. The number of nitrogens with one attached hydrogen (secondary N) is 2. The van der Waals surface area contributed by atoms with Crippen LogP contribution in [-0.2, 0) is 6.18 Å². The van der Waals surface area contributed by atoms with Gasteiger partial charge >= 0.3 is 6.18 Å².